The third-order valence-corrected chi connectivity index (χ3v) is 9.66. The number of H-pyrrole nitrogens is 1. The minimum absolute atomic E-state index is 0.125. The van der Waals surface area contributed by atoms with E-state index in [2.05, 4.69) is 35.4 Å². The number of nitrogens with one attached hydrogen (secondary N) is 2. The van der Waals surface area contributed by atoms with Gasteiger partial charge in [-0.2, -0.15) is 4.21 Å². The standard InChI is InChI=1S/C37H46N6O7S/c1-9-47-32(44)11-10-16-48-30-15-12-22(2)19-31(30)50-51(46)41-27-20-26(13-14-29(27)42(7)8)35-39-36-33(28(38-6)21-43(36)40-35)37(45)49-34-24(4)17-23(3)18-25(34)5/h12-15,19-21,23-25,34,41H,9-11,16-18H2,1-5,7-8H3,(H,39,40). The van der Waals surface area contributed by atoms with Crippen molar-refractivity contribution in [1.29, 1.82) is 0 Å². The van der Waals surface area contributed by atoms with Crippen molar-refractivity contribution in [3.8, 4) is 22.9 Å². The summed E-state index contributed by atoms with van der Waals surface area (Å²) in [6.07, 6.45) is 3.93. The van der Waals surface area contributed by atoms with E-state index in [1.807, 2.05) is 44.1 Å². The Morgan fingerprint density at radius 3 is 2.55 bits per heavy atom. The fraction of sp³-hybridized carbons (Fsp3) is 0.459. The average Bonchev–Trinajstić information content (AvgIpc) is 3.63. The molecule has 13 nitrogen and oxygen atoms in total. The van der Waals surface area contributed by atoms with Crippen molar-refractivity contribution in [2.45, 2.75) is 66.4 Å². The van der Waals surface area contributed by atoms with Gasteiger partial charge >= 0.3 is 23.2 Å². The molecule has 0 amide bonds. The van der Waals surface area contributed by atoms with Gasteiger partial charge in [0.1, 0.15) is 11.7 Å². The Labute approximate surface area is 301 Å². The number of fused-ring (bicyclic) bond motifs is 1. The lowest BCUT2D eigenvalue weighted by molar-refractivity contribution is -0.143. The predicted molar refractivity (Wildman–Crippen MR) is 196 cm³/mol. The number of anilines is 2. The summed E-state index contributed by atoms with van der Waals surface area (Å²) in [5, 5.41) is 3.17. The summed E-state index contributed by atoms with van der Waals surface area (Å²) >= 11 is -2.04. The summed E-state index contributed by atoms with van der Waals surface area (Å²) in [4.78, 5) is 35.4. The molecule has 2 heterocycles. The van der Waals surface area contributed by atoms with Crippen LogP contribution in [0.25, 0.3) is 21.9 Å². The van der Waals surface area contributed by atoms with Crippen LogP contribution in [0.2, 0.25) is 0 Å². The molecule has 2 aromatic heterocycles. The van der Waals surface area contributed by atoms with Gasteiger partial charge < -0.3 is 23.3 Å². The predicted octanol–water partition coefficient (Wildman–Crippen LogP) is 7.27. The van der Waals surface area contributed by atoms with Gasteiger partial charge in [-0.3, -0.25) is 19.1 Å². The topological polar surface area (TPSA) is 141 Å². The number of rotatable bonds is 14. The van der Waals surface area contributed by atoms with Crippen LogP contribution in [0.5, 0.6) is 11.5 Å². The molecule has 1 saturated carbocycles. The second-order valence-corrected chi connectivity index (χ2v) is 14.3. The number of hydrogen-bond acceptors (Lipinski definition) is 9. The van der Waals surface area contributed by atoms with Crippen LogP contribution in [0, 0.1) is 31.2 Å². The highest BCUT2D eigenvalue weighted by Crippen LogP contribution is 2.38. The van der Waals surface area contributed by atoms with Crippen LogP contribution in [0.1, 0.15) is 69.3 Å². The number of aromatic amines is 1. The van der Waals surface area contributed by atoms with Crippen molar-refractivity contribution < 1.29 is 32.2 Å². The summed E-state index contributed by atoms with van der Waals surface area (Å²) in [5.74, 6) is 1.24. The number of aromatic nitrogens is 3. The van der Waals surface area contributed by atoms with E-state index >= 15 is 0 Å². The minimum Gasteiger partial charge on any atom is -0.490 e. The lowest BCUT2D eigenvalue weighted by atomic mass is 9.75. The molecule has 0 saturated heterocycles. The molecule has 0 radical (unpaired) electrons. The van der Waals surface area contributed by atoms with Crippen LogP contribution >= 0.6 is 0 Å². The third-order valence-electron chi connectivity index (χ3n) is 8.94. The molecular weight excluding hydrogens is 673 g/mol. The van der Waals surface area contributed by atoms with Crippen LogP contribution in [0.15, 0.2) is 42.6 Å². The quantitative estimate of drug-likeness (QED) is 0.0782. The molecule has 4 aromatic rings. The smallest absolute Gasteiger partial charge is 0.331 e. The SMILES string of the molecule is [C-]#[N+]c1cn2[nH]c(-c3ccc(N(C)C)c(NS(=O)Oc4cc(C)ccc4OCCCC(=O)OCC)c3)nc2c1C(=O)OC1C(C)CC(C)CC1C. The van der Waals surface area contributed by atoms with Gasteiger partial charge in [-0.25, -0.2) is 14.6 Å². The lowest BCUT2D eigenvalue weighted by Crippen LogP contribution is -2.37. The number of esters is 2. The molecule has 0 bridgehead atoms. The molecule has 51 heavy (non-hydrogen) atoms. The first kappa shape index (κ1) is 37.2. The number of carbonyl (C=O) groups is 2. The Balaban J connectivity index is 1.35. The van der Waals surface area contributed by atoms with Crippen molar-refractivity contribution in [2.75, 3.05) is 36.9 Å². The maximum absolute atomic E-state index is 13.6. The van der Waals surface area contributed by atoms with Crippen molar-refractivity contribution >= 4 is 45.9 Å². The van der Waals surface area contributed by atoms with Gasteiger partial charge in [-0.1, -0.05) is 26.8 Å². The van der Waals surface area contributed by atoms with Gasteiger partial charge in [-0.15, -0.1) is 0 Å². The molecule has 3 unspecified atom stereocenters. The largest absolute Gasteiger partial charge is 0.490 e. The maximum Gasteiger partial charge on any atom is 0.331 e. The number of benzene rings is 2. The van der Waals surface area contributed by atoms with E-state index < -0.39 is 17.2 Å². The van der Waals surface area contributed by atoms with E-state index in [0.29, 0.717) is 41.8 Å². The zero-order valence-electron chi connectivity index (χ0n) is 30.1. The van der Waals surface area contributed by atoms with Gasteiger partial charge in [0.05, 0.1) is 31.2 Å². The van der Waals surface area contributed by atoms with Crippen molar-refractivity contribution in [3.63, 3.8) is 0 Å². The van der Waals surface area contributed by atoms with Gasteiger partial charge in [0.25, 0.3) is 0 Å². The molecule has 0 spiro atoms. The van der Waals surface area contributed by atoms with Crippen LogP contribution in [0.3, 0.4) is 0 Å². The minimum atomic E-state index is -2.04. The van der Waals surface area contributed by atoms with Crippen molar-refractivity contribution in [2.24, 2.45) is 17.8 Å². The first-order valence-electron chi connectivity index (χ1n) is 17.2. The Morgan fingerprint density at radius 2 is 1.86 bits per heavy atom. The van der Waals surface area contributed by atoms with E-state index in [1.165, 1.54) is 0 Å². The van der Waals surface area contributed by atoms with E-state index in [1.54, 1.807) is 35.8 Å². The summed E-state index contributed by atoms with van der Waals surface area (Å²) < 4.78 is 40.6. The first-order chi connectivity index (χ1) is 24.4. The first-order valence-corrected chi connectivity index (χ1v) is 18.2. The monoisotopic (exact) mass is 718 g/mol. The van der Waals surface area contributed by atoms with Crippen molar-refractivity contribution in [3.05, 3.63) is 65.1 Å². The summed E-state index contributed by atoms with van der Waals surface area (Å²) in [7, 11) is 3.73. The Kier molecular flexibility index (Phi) is 11.9. The molecule has 2 N–H and O–H groups in total. The third kappa shape index (κ3) is 8.83. The molecule has 0 aliphatic heterocycles. The van der Waals surface area contributed by atoms with Crippen LogP contribution in [-0.2, 0) is 25.5 Å². The molecule has 2 aromatic carbocycles. The highest BCUT2D eigenvalue weighted by atomic mass is 32.2. The van der Waals surface area contributed by atoms with Crippen LogP contribution in [-0.4, -0.2) is 64.2 Å². The Morgan fingerprint density at radius 1 is 1.12 bits per heavy atom. The zero-order valence-corrected chi connectivity index (χ0v) is 31.0. The second kappa shape index (κ2) is 16.3. The Bertz CT molecular complexity index is 1930. The van der Waals surface area contributed by atoms with Crippen LogP contribution in [0.4, 0.5) is 17.1 Å². The fourth-order valence-electron chi connectivity index (χ4n) is 6.72. The maximum atomic E-state index is 13.6. The lowest BCUT2D eigenvalue weighted by Gasteiger charge is -2.37. The molecular formula is C37H46N6O7S. The van der Waals surface area contributed by atoms with Crippen LogP contribution < -0.4 is 18.5 Å². The normalized spacial score (nSPS) is 19.2. The highest BCUT2D eigenvalue weighted by molar-refractivity contribution is 7.82. The van der Waals surface area contributed by atoms with Gasteiger partial charge in [-0.05, 0) is 86.8 Å². The van der Waals surface area contributed by atoms with E-state index in [0.717, 1.165) is 24.1 Å². The van der Waals surface area contributed by atoms with Gasteiger partial charge in [0, 0.05) is 32.3 Å². The second-order valence-electron chi connectivity index (χ2n) is 13.4. The molecule has 272 valence electrons. The van der Waals surface area contributed by atoms with Gasteiger partial charge in [0.2, 0.25) is 5.69 Å². The summed E-state index contributed by atoms with van der Waals surface area (Å²) in [6.45, 7) is 18.4. The number of carbonyl (C=O) groups excluding carboxylic acids is 2. The van der Waals surface area contributed by atoms with E-state index in [9.17, 15) is 13.8 Å². The molecule has 1 aliphatic carbocycles. The van der Waals surface area contributed by atoms with Crippen molar-refractivity contribution in [1.82, 2.24) is 14.6 Å². The molecule has 14 heteroatoms. The number of nitrogens with zero attached hydrogens (tertiary/aromatic N) is 4. The number of aryl methyl sites for hydroxylation is 1. The summed E-state index contributed by atoms with van der Waals surface area (Å²) in [5.41, 5.74) is 3.32. The van der Waals surface area contributed by atoms with E-state index in [-0.39, 0.29) is 59.6 Å². The molecule has 1 aliphatic rings. The zero-order chi connectivity index (χ0) is 36.8. The number of hydrogen-bond donors (Lipinski definition) is 2. The molecule has 5 rings (SSSR count). The fourth-order valence-corrected chi connectivity index (χ4v) is 7.40. The molecule has 1 fully saturated rings. The Hall–Kier alpha value is -5.03. The van der Waals surface area contributed by atoms with E-state index in [4.69, 9.17) is 29.9 Å². The van der Waals surface area contributed by atoms with Gasteiger partial charge in [0.15, 0.2) is 23.0 Å². The highest BCUT2D eigenvalue weighted by Gasteiger charge is 2.35. The average molecular weight is 719 g/mol. The number of ether oxygens (including phenoxy) is 3. The summed E-state index contributed by atoms with van der Waals surface area (Å²) in [6, 6.07) is 10.8. The molecule has 3 atom stereocenters.